The summed E-state index contributed by atoms with van der Waals surface area (Å²) in [5.41, 5.74) is 0. The van der Waals surface area contributed by atoms with Crippen molar-refractivity contribution in [2.24, 2.45) is 0 Å². The highest BCUT2D eigenvalue weighted by atomic mass is 31.2. The van der Waals surface area contributed by atoms with Crippen molar-refractivity contribution >= 4 is 7.82 Å². The average molecular weight is 269 g/mol. The summed E-state index contributed by atoms with van der Waals surface area (Å²) in [5, 5.41) is 0. The Bertz CT molecular complexity index is 193. The molecule has 0 fully saturated rings. The molecule has 0 amide bonds. The minimum atomic E-state index is -4.20. The topological polar surface area (TPSA) is 73.9 Å². The summed E-state index contributed by atoms with van der Waals surface area (Å²) in [6, 6.07) is 0. The van der Waals surface area contributed by atoms with E-state index in [1.807, 2.05) is 13.8 Å². The van der Waals surface area contributed by atoms with Crippen LogP contribution in [0.1, 0.15) is 26.7 Å². The van der Waals surface area contributed by atoms with Crippen LogP contribution >= 0.6 is 7.82 Å². The second-order valence-corrected chi connectivity index (χ2v) is 4.75. The standard InChI is InChI=1S/C10H22O6P/c1-3-5-13-7-9-15-17(11,12)16-10-8-14-6-4-2/h3-10H2,1-2H3. The molecule has 0 rings (SSSR count). The van der Waals surface area contributed by atoms with Gasteiger partial charge in [-0.2, -0.15) is 0 Å². The van der Waals surface area contributed by atoms with Crippen molar-refractivity contribution in [2.45, 2.75) is 26.7 Å². The normalized spacial score (nSPS) is 11.9. The van der Waals surface area contributed by atoms with E-state index < -0.39 is 7.82 Å². The van der Waals surface area contributed by atoms with Crippen LogP contribution in [-0.2, 0) is 28.0 Å². The lowest BCUT2D eigenvalue weighted by Gasteiger charge is -2.10. The fourth-order valence-electron chi connectivity index (χ4n) is 0.946. The third-order valence-electron chi connectivity index (χ3n) is 1.65. The maximum absolute atomic E-state index is 11.2. The molecule has 0 aliphatic rings. The summed E-state index contributed by atoms with van der Waals surface area (Å²) in [5.74, 6) is 0. The first-order valence-electron chi connectivity index (χ1n) is 5.88. The molecular weight excluding hydrogens is 247 g/mol. The van der Waals surface area contributed by atoms with E-state index in [1.165, 1.54) is 0 Å². The highest BCUT2D eigenvalue weighted by molar-refractivity contribution is 7.47. The van der Waals surface area contributed by atoms with Gasteiger partial charge in [-0.3, -0.25) is 9.05 Å². The zero-order valence-electron chi connectivity index (χ0n) is 10.6. The van der Waals surface area contributed by atoms with Gasteiger partial charge >= 0.3 is 7.82 Å². The van der Waals surface area contributed by atoms with Crippen molar-refractivity contribution in [2.75, 3.05) is 39.6 Å². The Labute approximate surface area is 103 Å². The number of rotatable bonds is 12. The van der Waals surface area contributed by atoms with Crippen molar-refractivity contribution in [3.63, 3.8) is 0 Å². The molecule has 0 aromatic carbocycles. The third-order valence-corrected chi connectivity index (χ3v) is 2.65. The minimum absolute atomic E-state index is 0.0173. The van der Waals surface area contributed by atoms with Gasteiger partial charge in [0.2, 0.25) is 0 Å². The van der Waals surface area contributed by atoms with E-state index in [0.717, 1.165) is 12.8 Å². The van der Waals surface area contributed by atoms with Crippen LogP contribution < -0.4 is 0 Å². The van der Waals surface area contributed by atoms with Crippen molar-refractivity contribution < 1.29 is 28.0 Å². The average Bonchev–Trinajstić information content (AvgIpc) is 2.28. The van der Waals surface area contributed by atoms with E-state index in [9.17, 15) is 9.46 Å². The molecule has 0 aliphatic heterocycles. The Morgan fingerprint density at radius 1 is 0.765 bits per heavy atom. The van der Waals surface area contributed by atoms with Crippen LogP contribution in [0.25, 0.3) is 0 Å². The van der Waals surface area contributed by atoms with Gasteiger partial charge in [0, 0.05) is 13.2 Å². The lowest BCUT2D eigenvalue weighted by Crippen LogP contribution is -2.07. The lowest BCUT2D eigenvalue weighted by molar-refractivity contribution is 0.0511. The van der Waals surface area contributed by atoms with Gasteiger partial charge in [-0.15, -0.1) is 4.89 Å². The van der Waals surface area contributed by atoms with E-state index >= 15 is 0 Å². The van der Waals surface area contributed by atoms with Crippen molar-refractivity contribution in [3.8, 4) is 0 Å². The highest BCUT2D eigenvalue weighted by Crippen LogP contribution is 2.43. The monoisotopic (exact) mass is 269 g/mol. The van der Waals surface area contributed by atoms with Gasteiger partial charge in [0.15, 0.2) is 0 Å². The summed E-state index contributed by atoms with van der Waals surface area (Å²) < 4.78 is 30.5. The molecule has 6 nitrogen and oxygen atoms in total. The summed E-state index contributed by atoms with van der Waals surface area (Å²) in [4.78, 5) is 11.2. The van der Waals surface area contributed by atoms with E-state index in [2.05, 4.69) is 9.05 Å². The van der Waals surface area contributed by atoms with E-state index in [0.29, 0.717) is 13.2 Å². The molecule has 0 aromatic rings. The molecule has 1 radical (unpaired) electrons. The largest absolute Gasteiger partial charge is 0.502 e. The van der Waals surface area contributed by atoms with Crippen LogP contribution in [0.15, 0.2) is 0 Å². The number of ether oxygens (including phenoxy) is 2. The van der Waals surface area contributed by atoms with Crippen LogP contribution in [0.4, 0.5) is 0 Å². The van der Waals surface area contributed by atoms with E-state index in [1.54, 1.807) is 0 Å². The molecule has 7 heteroatoms. The molecule has 0 aliphatic carbocycles. The number of hydrogen-bond donors (Lipinski definition) is 0. The maximum Gasteiger partial charge on any atom is 0.502 e. The highest BCUT2D eigenvalue weighted by Gasteiger charge is 2.22. The smallest absolute Gasteiger partial charge is 0.379 e. The molecule has 0 aromatic heterocycles. The van der Waals surface area contributed by atoms with Gasteiger partial charge < -0.3 is 9.47 Å². The first kappa shape index (κ1) is 17.0. The first-order chi connectivity index (χ1) is 8.12. The molecule has 0 unspecified atom stereocenters. The Kier molecular flexibility index (Phi) is 11.2. The lowest BCUT2D eigenvalue weighted by atomic mass is 10.5. The first-order valence-corrected chi connectivity index (χ1v) is 7.34. The van der Waals surface area contributed by atoms with Gasteiger partial charge in [0.25, 0.3) is 0 Å². The summed E-state index contributed by atoms with van der Waals surface area (Å²) in [7, 11) is -4.20. The third kappa shape index (κ3) is 12.3. The van der Waals surface area contributed by atoms with Gasteiger partial charge in [-0.05, 0) is 12.8 Å². The minimum Gasteiger partial charge on any atom is -0.379 e. The van der Waals surface area contributed by atoms with Crippen LogP contribution in [-0.4, -0.2) is 39.6 Å². The second kappa shape index (κ2) is 11.1. The zero-order valence-corrected chi connectivity index (χ0v) is 11.4. The fraction of sp³-hybridized carbons (Fsp3) is 1.00. The molecule has 0 heterocycles. The summed E-state index contributed by atoms with van der Waals surface area (Å²) in [6.07, 6.45) is 1.78. The van der Waals surface area contributed by atoms with Gasteiger partial charge in [-0.1, -0.05) is 13.8 Å². The fourth-order valence-corrected chi connectivity index (χ4v) is 1.62. The molecular formula is C10H22O6P. The van der Waals surface area contributed by atoms with Gasteiger partial charge in [0.05, 0.1) is 26.4 Å². The Hall–Kier alpha value is 0.0300. The molecule has 103 valence electrons. The summed E-state index contributed by atoms with van der Waals surface area (Å²) in [6.45, 7) is 5.59. The van der Waals surface area contributed by atoms with Crippen molar-refractivity contribution in [1.29, 1.82) is 0 Å². The Balaban J connectivity index is 3.42. The van der Waals surface area contributed by atoms with Crippen LogP contribution in [0.3, 0.4) is 0 Å². The molecule has 0 spiro atoms. The predicted molar refractivity (Wildman–Crippen MR) is 62.4 cm³/mol. The molecule has 0 saturated carbocycles. The van der Waals surface area contributed by atoms with E-state index in [4.69, 9.17) is 9.47 Å². The molecule has 0 atom stereocenters. The zero-order chi connectivity index (χ0) is 13.0. The van der Waals surface area contributed by atoms with Gasteiger partial charge in [-0.25, -0.2) is 4.57 Å². The summed E-state index contributed by atoms with van der Waals surface area (Å²) >= 11 is 0. The van der Waals surface area contributed by atoms with Crippen LogP contribution in [0.5, 0.6) is 0 Å². The van der Waals surface area contributed by atoms with Gasteiger partial charge in [0.1, 0.15) is 0 Å². The molecule has 17 heavy (non-hydrogen) atoms. The molecule has 0 bridgehead atoms. The van der Waals surface area contributed by atoms with Crippen LogP contribution in [0, 0.1) is 0 Å². The molecule has 0 N–H and O–H groups in total. The Morgan fingerprint density at radius 2 is 1.18 bits per heavy atom. The quantitative estimate of drug-likeness (QED) is 0.402. The van der Waals surface area contributed by atoms with Crippen LogP contribution in [0.2, 0.25) is 0 Å². The second-order valence-electron chi connectivity index (χ2n) is 3.34. The number of hydrogen-bond acceptors (Lipinski definition) is 5. The maximum atomic E-state index is 11.2. The van der Waals surface area contributed by atoms with Crippen molar-refractivity contribution in [3.05, 3.63) is 0 Å². The SMILES string of the molecule is CCCOCCOP([O])(=O)OCCOCCC. The molecule has 0 saturated heterocycles. The predicted octanol–water partition coefficient (Wildman–Crippen LogP) is 2.41. The Morgan fingerprint density at radius 3 is 1.53 bits per heavy atom. The van der Waals surface area contributed by atoms with Crippen molar-refractivity contribution in [1.82, 2.24) is 0 Å². The van der Waals surface area contributed by atoms with E-state index in [-0.39, 0.29) is 26.4 Å².